The van der Waals surface area contributed by atoms with Crippen LogP contribution in [0.1, 0.15) is 124 Å². The zero-order valence-electron chi connectivity index (χ0n) is 27.4. The molecule has 0 saturated heterocycles. The Morgan fingerprint density at radius 2 is 0.909 bits per heavy atom. The summed E-state index contributed by atoms with van der Waals surface area (Å²) in [7, 11) is 0. The number of hydrogen-bond donors (Lipinski definition) is 0. The molecule has 0 aliphatic heterocycles. The van der Waals surface area contributed by atoms with Crippen LogP contribution < -0.4 is 0 Å². The van der Waals surface area contributed by atoms with Gasteiger partial charge in [0.1, 0.15) is 0 Å². The minimum atomic E-state index is 1.18. The van der Waals surface area contributed by atoms with Crippen LogP contribution >= 0.6 is 0 Å². The van der Waals surface area contributed by atoms with E-state index < -0.39 is 0 Å². The highest BCUT2D eigenvalue weighted by Crippen LogP contribution is 2.29. The predicted molar refractivity (Wildman–Crippen MR) is 197 cm³/mol. The van der Waals surface area contributed by atoms with Crippen molar-refractivity contribution in [1.29, 1.82) is 0 Å². The average Bonchev–Trinajstić information content (AvgIpc) is 3.07. The van der Waals surface area contributed by atoms with Crippen LogP contribution in [0.3, 0.4) is 0 Å². The van der Waals surface area contributed by atoms with Crippen molar-refractivity contribution in [2.45, 2.75) is 104 Å². The predicted octanol–water partition coefficient (Wildman–Crippen LogP) is 13.5. The van der Waals surface area contributed by atoms with E-state index in [9.17, 15) is 0 Å². The number of aryl methyl sites for hydroxylation is 2. The second kappa shape index (κ2) is 19.6. The highest BCUT2D eigenvalue weighted by Gasteiger charge is 2.07. The van der Waals surface area contributed by atoms with Gasteiger partial charge >= 0.3 is 0 Å². The molecule has 4 rings (SSSR count). The Morgan fingerprint density at radius 1 is 0.409 bits per heavy atom. The molecule has 0 saturated carbocycles. The van der Waals surface area contributed by atoms with Crippen molar-refractivity contribution in [3.63, 3.8) is 0 Å². The first kappa shape index (κ1) is 33.3. The van der Waals surface area contributed by atoms with Gasteiger partial charge in [-0.05, 0) is 70.2 Å². The van der Waals surface area contributed by atoms with Gasteiger partial charge in [0.05, 0.1) is 0 Å². The van der Waals surface area contributed by atoms with Crippen LogP contribution in [0.5, 0.6) is 0 Å². The fourth-order valence-corrected chi connectivity index (χ4v) is 5.96. The van der Waals surface area contributed by atoms with Crippen molar-refractivity contribution >= 4 is 24.3 Å². The van der Waals surface area contributed by atoms with E-state index in [1.807, 2.05) is 0 Å². The second-order valence-electron chi connectivity index (χ2n) is 12.4. The SMILES string of the molecule is CCCCCCCCc1ccc(C=Cc2cccc(-c3ccccc3)c2C=Cc2ccc(CCCCCCCC)cc2)cc1. The van der Waals surface area contributed by atoms with E-state index in [0.29, 0.717) is 0 Å². The third-order valence-electron chi connectivity index (χ3n) is 8.72. The van der Waals surface area contributed by atoms with Crippen LogP contribution in [0, 0.1) is 0 Å². The lowest BCUT2D eigenvalue weighted by Crippen LogP contribution is -1.89. The number of unbranched alkanes of at least 4 members (excludes halogenated alkanes) is 10. The van der Waals surface area contributed by atoms with Crippen LogP contribution in [0.15, 0.2) is 97.1 Å². The third-order valence-corrected chi connectivity index (χ3v) is 8.72. The highest BCUT2D eigenvalue weighted by molar-refractivity contribution is 5.87. The minimum Gasteiger partial charge on any atom is -0.0654 e. The zero-order chi connectivity index (χ0) is 30.7. The van der Waals surface area contributed by atoms with Crippen LogP contribution in [-0.4, -0.2) is 0 Å². The Bertz CT molecular complexity index is 1390. The summed E-state index contributed by atoms with van der Waals surface area (Å²) in [6.45, 7) is 4.56. The summed E-state index contributed by atoms with van der Waals surface area (Å²) in [5, 5.41) is 0. The summed E-state index contributed by atoms with van der Waals surface area (Å²) >= 11 is 0. The Labute approximate surface area is 269 Å². The van der Waals surface area contributed by atoms with Crippen LogP contribution in [-0.2, 0) is 12.8 Å². The van der Waals surface area contributed by atoms with Gasteiger partial charge in [0.15, 0.2) is 0 Å². The molecule has 0 bridgehead atoms. The number of rotatable bonds is 19. The molecule has 0 fully saturated rings. The van der Waals surface area contributed by atoms with Gasteiger partial charge in [-0.15, -0.1) is 0 Å². The Kier molecular flexibility index (Phi) is 14.8. The monoisotopic (exact) mass is 582 g/mol. The van der Waals surface area contributed by atoms with Crippen molar-refractivity contribution in [3.8, 4) is 11.1 Å². The molecule has 0 heterocycles. The van der Waals surface area contributed by atoms with Gasteiger partial charge in [-0.3, -0.25) is 0 Å². The van der Waals surface area contributed by atoms with Crippen molar-refractivity contribution < 1.29 is 0 Å². The second-order valence-corrected chi connectivity index (χ2v) is 12.4. The smallest absolute Gasteiger partial charge is 0.0105 e. The van der Waals surface area contributed by atoms with E-state index in [1.165, 1.54) is 134 Å². The summed E-state index contributed by atoms with van der Waals surface area (Å²) in [4.78, 5) is 0. The van der Waals surface area contributed by atoms with Crippen LogP contribution in [0.2, 0.25) is 0 Å². The van der Waals surface area contributed by atoms with E-state index in [2.05, 4.69) is 135 Å². The Morgan fingerprint density at radius 3 is 1.45 bits per heavy atom. The largest absolute Gasteiger partial charge is 0.0654 e. The summed E-state index contributed by atoms with van der Waals surface area (Å²) < 4.78 is 0. The maximum absolute atomic E-state index is 2.31. The van der Waals surface area contributed by atoms with E-state index >= 15 is 0 Å². The first-order valence-electron chi connectivity index (χ1n) is 17.5. The summed E-state index contributed by atoms with van der Waals surface area (Å²) in [5.41, 5.74) is 10.4. The minimum absolute atomic E-state index is 1.18. The van der Waals surface area contributed by atoms with Crippen molar-refractivity contribution in [2.24, 2.45) is 0 Å². The molecule has 0 unspecified atom stereocenters. The molecule has 4 aromatic rings. The molecule has 0 aliphatic rings. The van der Waals surface area contributed by atoms with Crippen LogP contribution in [0.4, 0.5) is 0 Å². The lowest BCUT2D eigenvalue weighted by atomic mass is 9.94. The molecular weight excluding hydrogens is 528 g/mol. The molecular formula is C44H54. The van der Waals surface area contributed by atoms with Gasteiger partial charge in [-0.1, -0.05) is 199 Å². The zero-order valence-corrected chi connectivity index (χ0v) is 27.4. The summed E-state index contributed by atoms with van der Waals surface area (Å²) in [6, 6.07) is 35.7. The molecule has 0 radical (unpaired) electrons. The first-order valence-corrected chi connectivity index (χ1v) is 17.5. The topological polar surface area (TPSA) is 0 Å². The van der Waals surface area contributed by atoms with Crippen LogP contribution in [0.25, 0.3) is 35.4 Å². The van der Waals surface area contributed by atoms with E-state index in [-0.39, 0.29) is 0 Å². The van der Waals surface area contributed by atoms with E-state index in [4.69, 9.17) is 0 Å². The quantitative estimate of drug-likeness (QED) is 0.0762. The number of hydrogen-bond acceptors (Lipinski definition) is 0. The molecule has 0 atom stereocenters. The normalized spacial score (nSPS) is 11.6. The maximum Gasteiger partial charge on any atom is -0.0105 e. The molecule has 0 heteroatoms. The van der Waals surface area contributed by atoms with Gasteiger partial charge in [-0.25, -0.2) is 0 Å². The van der Waals surface area contributed by atoms with Crippen molar-refractivity contribution in [3.05, 3.63) is 130 Å². The Hall–Kier alpha value is -3.64. The molecule has 4 aromatic carbocycles. The molecule has 0 spiro atoms. The number of benzene rings is 4. The molecule has 44 heavy (non-hydrogen) atoms. The van der Waals surface area contributed by atoms with Gasteiger partial charge in [-0.2, -0.15) is 0 Å². The first-order chi connectivity index (χ1) is 21.8. The van der Waals surface area contributed by atoms with Gasteiger partial charge in [0.2, 0.25) is 0 Å². The molecule has 0 aromatic heterocycles. The fourth-order valence-electron chi connectivity index (χ4n) is 5.96. The van der Waals surface area contributed by atoms with Gasteiger partial charge in [0.25, 0.3) is 0 Å². The van der Waals surface area contributed by atoms with Gasteiger partial charge in [0, 0.05) is 0 Å². The molecule has 0 amide bonds. The average molecular weight is 583 g/mol. The Balaban J connectivity index is 1.44. The van der Waals surface area contributed by atoms with Gasteiger partial charge < -0.3 is 0 Å². The summed E-state index contributed by atoms with van der Waals surface area (Å²) in [6.07, 6.45) is 27.6. The molecule has 230 valence electrons. The standard InChI is InChI=1S/C44H54/c1-3-5-7-9-11-14-19-37-25-29-39(30-26-37)33-35-42-23-18-24-43(41-21-16-13-17-22-41)44(42)36-34-40-31-27-38(28-32-40)20-15-12-10-8-6-4-2/h13,16-18,21-36H,3-12,14-15,19-20H2,1-2H3. The lowest BCUT2D eigenvalue weighted by molar-refractivity contribution is 0.607. The fraction of sp³-hybridized carbons (Fsp3) is 0.364. The maximum atomic E-state index is 2.31. The van der Waals surface area contributed by atoms with Crippen molar-refractivity contribution in [1.82, 2.24) is 0 Å². The third kappa shape index (κ3) is 11.5. The highest BCUT2D eigenvalue weighted by atomic mass is 14.1. The van der Waals surface area contributed by atoms with E-state index in [0.717, 1.165) is 0 Å². The van der Waals surface area contributed by atoms with E-state index in [1.54, 1.807) is 0 Å². The molecule has 0 N–H and O–H groups in total. The van der Waals surface area contributed by atoms with Crippen molar-refractivity contribution in [2.75, 3.05) is 0 Å². The lowest BCUT2D eigenvalue weighted by Gasteiger charge is -2.11. The summed E-state index contributed by atoms with van der Waals surface area (Å²) in [5.74, 6) is 0. The molecule has 0 aliphatic carbocycles. The molecule has 0 nitrogen and oxygen atoms in total.